The van der Waals surface area contributed by atoms with Gasteiger partial charge in [-0.15, -0.1) is 0 Å². The van der Waals surface area contributed by atoms with Crippen LogP contribution in [-0.2, 0) is 0 Å². The average molecular weight is 265 g/mol. The minimum Gasteiger partial charge on any atom is -0.241 e. The highest BCUT2D eigenvalue weighted by Gasteiger charge is 2.25. The van der Waals surface area contributed by atoms with Crippen molar-refractivity contribution in [2.75, 3.05) is 0 Å². The lowest BCUT2D eigenvalue weighted by atomic mass is 10.3. The number of nitrogens with zero attached hydrogens (tertiary/aromatic N) is 4. The molecule has 1 saturated carbocycles. The smallest absolute Gasteiger partial charge is 0.156 e. The van der Waals surface area contributed by atoms with Crippen molar-refractivity contribution in [2.24, 2.45) is 0 Å². The van der Waals surface area contributed by atoms with Crippen molar-refractivity contribution in [1.29, 1.82) is 0 Å². The van der Waals surface area contributed by atoms with E-state index in [1.807, 2.05) is 12.3 Å². The normalized spacial score (nSPS) is 15.5. The summed E-state index contributed by atoms with van der Waals surface area (Å²) < 4.78 is 2.70. The van der Waals surface area contributed by atoms with Gasteiger partial charge in [-0.1, -0.05) is 0 Å². The lowest BCUT2D eigenvalue weighted by Gasteiger charge is -2.01. The summed E-state index contributed by atoms with van der Waals surface area (Å²) in [5.74, 6) is 1.48. The van der Waals surface area contributed by atoms with Crippen LogP contribution in [0.5, 0.6) is 0 Å². The van der Waals surface area contributed by atoms with E-state index in [-0.39, 0.29) is 0 Å². The second-order valence-electron chi connectivity index (χ2n) is 3.68. The minimum absolute atomic E-state index is 0.644. The predicted molar refractivity (Wildman–Crippen MR) is 58.8 cm³/mol. The topological polar surface area (TPSA) is 43.6 Å². The van der Waals surface area contributed by atoms with E-state index in [4.69, 9.17) is 0 Å². The molecule has 1 aliphatic rings. The monoisotopic (exact) mass is 264 g/mol. The van der Waals surface area contributed by atoms with Crippen LogP contribution < -0.4 is 0 Å². The third kappa shape index (κ3) is 1.79. The minimum atomic E-state index is 0.644. The number of rotatable bonds is 2. The molecule has 0 spiro atoms. The Hall–Kier alpha value is -1.23. The van der Waals surface area contributed by atoms with E-state index in [0.717, 1.165) is 16.0 Å². The van der Waals surface area contributed by atoms with Gasteiger partial charge in [-0.05, 0) is 28.8 Å². The molecule has 5 heteroatoms. The van der Waals surface area contributed by atoms with E-state index in [2.05, 4.69) is 31.0 Å². The Morgan fingerprint density at radius 3 is 2.87 bits per heavy atom. The van der Waals surface area contributed by atoms with E-state index in [9.17, 15) is 0 Å². The average Bonchev–Trinajstić information content (AvgIpc) is 3.02. The Bertz CT molecular complexity index is 490. The van der Waals surface area contributed by atoms with Gasteiger partial charge in [0.05, 0.1) is 10.7 Å². The summed E-state index contributed by atoms with van der Waals surface area (Å²) in [5.41, 5.74) is 1.13. The fourth-order valence-corrected chi connectivity index (χ4v) is 1.80. The van der Waals surface area contributed by atoms with Crippen LogP contribution in [0.2, 0.25) is 0 Å². The van der Waals surface area contributed by atoms with Crippen molar-refractivity contribution >= 4 is 15.9 Å². The highest BCUT2D eigenvalue weighted by molar-refractivity contribution is 9.10. The second-order valence-corrected chi connectivity index (χ2v) is 4.59. The Balaban J connectivity index is 2.00. The first kappa shape index (κ1) is 9.03. The summed E-state index contributed by atoms with van der Waals surface area (Å²) in [6, 6.07) is 2.01. The molecule has 0 unspecified atom stereocenters. The van der Waals surface area contributed by atoms with E-state index in [1.54, 1.807) is 17.2 Å². The van der Waals surface area contributed by atoms with E-state index in [1.165, 1.54) is 12.8 Å². The van der Waals surface area contributed by atoms with Crippen molar-refractivity contribution in [3.63, 3.8) is 0 Å². The molecule has 2 aromatic heterocycles. The van der Waals surface area contributed by atoms with Crippen molar-refractivity contribution < 1.29 is 0 Å². The Kier molecular flexibility index (Phi) is 2.05. The molecule has 0 N–H and O–H groups in total. The predicted octanol–water partition coefficient (Wildman–Crippen LogP) is 2.30. The first-order valence-corrected chi connectivity index (χ1v) is 5.65. The van der Waals surface area contributed by atoms with Crippen LogP contribution in [0.1, 0.15) is 24.5 Å². The quantitative estimate of drug-likeness (QED) is 0.836. The van der Waals surface area contributed by atoms with Crippen molar-refractivity contribution in [3.05, 3.63) is 35.0 Å². The standard InChI is InChI=1S/C10H9BrN4/c11-8-4-14-15(5-8)10-3-9(7-1-2-7)12-6-13-10/h3-7H,1-2H2. The molecule has 4 nitrogen and oxygen atoms in total. The number of halogens is 1. The summed E-state index contributed by atoms with van der Waals surface area (Å²) in [6.45, 7) is 0. The van der Waals surface area contributed by atoms with Crippen LogP contribution in [-0.4, -0.2) is 19.7 Å². The summed E-state index contributed by atoms with van der Waals surface area (Å²) in [6.07, 6.45) is 7.75. The number of hydrogen-bond acceptors (Lipinski definition) is 3. The van der Waals surface area contributed by atoms with Crippen molar-refractivity contribution in [3.8, 4) is 5.82 Å². The van der Waals surface area contributed by atoms with Gasteiger partial charge in [-0.2, -0.15) is 5.10 Å². The highest BCUT2D eigenvalue weighted by Crippen LogP contribution is 2.38. The zero-order valence-corrected chi connectivity index (χ0v) is 9.55. The molecule has 15 heavy (non-hydrogen) atoms. The highest BCUT2D eigenvalue weighted by atomic mass is 79.9. The molecule has 0 bridgehead atoms. The molecule has 0 saturated heterocycles. The Morgan fingerprint density at radius 1 is 1.33 bits per heavy atom. The molecule has 76 valence electrons. The van der Waals surface area contributed by atoms with Crippen LogP contribution in [0, 0.1) is 0 Å². The maximum atomic E-state index is 4.27. The third-order valence-electron chi connectivity index (χ3n) is 2.46. The zero-order valence-electron chi connectivity index (χ0n) is 7.97. The fraction of sp³-hybridized carbons (Fsp3) is 0.300. The van der Waals surface area contributed by atoms with Gasteiger partial charge < -0.3 is 0 Å². The molecule has 0 atom stereocenters. The summed E-state index contributed by atoms with van der Waals surface area (Å²) in [4.78, 5) is 8.47. The molecule has 1 aliphatic carbocycles. The van der Waals surface area contributed by atoms with Gasteiger partial charge in [-0.3, -0.25) is 0 Å². The van der Waals surface area contributed by atoms with Crippen LogP contribution in [0.3, 0.4) is 0 Å². The SMILES string of the molecule is Brc1cnn(-c2cc(C3CC3)ncn2)c1. The largest absolute Gasteiger partial charge is 0.241 e. The summed E-state index contributed by atoms with van der Waals surface area (Å²) >= 11 is 3.36. The van der Waals surface area contributed by atoms with Gasteiger partial charge in [0.2, 0.25) is 0 Å². The van der Waals surface area contributed by atoms with Crippen LogP contribution in [0.4, 0.5) is 0 Å². The zero-order chi connectivity index (χ0) is 10.3. The van der Waals surface area contributed by atoms with Crippen molar-refractivity contribution in [2.45, 2.75) is 18.8 Å². The van der Waals surface area contributed by atoms with Gasteiger partial charge in [0.15, 0.2) is 5.82 Å². The van der Waals surface area contributed by atoms with Gasteiger partial charge in [0.25, 0.3) is 0 Å². The molecule has 0 radical (unpaired) electrons. The Morgan fingerprint density at radius 2 is 2.20 bits per heavy atom. The molecule has 1 fully saturated rings. The molecular formula is C10H9BrN4. The van der Waals surface area contributed by atoms with Gasteiger partial charge >= 0.3 is 0 Å². The van der Waals surface area contributed by atoms with E-state index < -0.39 is 0 Å². The maximum absolute atomic E-state index is 4.27. The van der Waals surface area contributed by atoms with E-state index >= 15 is 0 Å². The van der Waals surface area contributed by atoms with Crippen LogP contribution >= 0.6 is 15.9 Å². The molecule has 0 aromatic carbocycles. The summed E-state index contributed by atoms with van der Waals surface area (Å²) in [7, 11) is 0. The molecule has 2 heterocycles. The second kappa shape index (κ2) is 3.41. The lowest BCUT2D eigenvalue weighted by molar-refractivity contribution is 0.827. The maximum Gasteiger partial charge on any atom is 0.156 e. The van der Waals surface area contributed by atoms with Crippen LogP contribution in [0.25, 0.3) is 5.82 Å². The Labute approximate surface area is 95.5 Å². The number of hydrogen-bond donors (Lipinski definition) is 0. The third-order valence-corrected chi connectivity index (χ3v) is 2.86. The molecule has 2 aromatic rings. The van der Waals surface area contributed by atoms with Gasteiger partial charge in [0.1, 0.15) is 6.33 Å². The first-order valence-electron chi connectivity index (χ1n) is 4.85. The molecule has 3 rings (SSSR count). The number of aromatic nitrogens is 4. The van der Waals surface area contributed by atoms with Crippen molar-refractivity contribution in [1.82, 2.24) is 19.7 Å². The van der Waals surface area contributed by atoms with Crippen LogP contribution in [0.15, 0.2) is 29.3 Å². The fourth-order valence-electron chi connectivity index (χ4n) is 1.52. The molecule has 0 aliphatic heterocycles. The lowest BCUT2D eigenvalue weighted by Crippen LogP contribution is -2.00. The molecule has 0 amide bonds. The summed E-state index contributed by atoms with van der Waals surface area (Å²) in [5, 5.41) is 4.19. The van der Waals surface area contributed by atoms with E-state index in [0.29, 0.717) is 5.92 Å². The first-order chi connectivity index (χ1) is 7.33. The van der Waals surface area contributed by atoms with Gasteiger partial charge in [0, 0.05) is 23.9 Å². The molecular weight excluding hydrogens is 256 g/mol. The van der Waals surface area contributed by atoms with Gasteiger partial charge in [-0.25, -0.2) is 14.6 Å².